The van der Waals surface area contributed by atoms with E-state index in [9.17, 15) is 4.79 Å². The highest BCUT2D eigenvalue weighted by Gasteiger charge is 2.44. The number of carbonyl (C=O) groups excluding carboxylic acids is 1. The lowest BCUT2D eigenvalue weighted by molar-refractivity contribution is -0.128. The molecule has 0 aromatic heterocycles. The number of carbonyl (C=O) groups is 1. The first-order chi connectivity index (χ1) is 8.87. The third-order valence-electron chi connectivity index (χ3n) is 6.07. The maximum atomic E-state index is 12.1. The lowest BCUT2D eigenvalue weighted by Gasteiger charge is -2.43. The highest BCUT2D eigenvalue weighted by molar-refractivity contribution is 5.83. The van der Waals surface area contributed by atoms with Gasteiger partial charge in [-0.2, -0.15) is 0 Å². The smallest absolute Gasteiger partial charge is 0.136 e. The van der Waals surface area contributed by atoms with Gasteiger partial charge in [0.2, 0.25) is 0 Å². The molecule has 112 valence electrons. The molecular weight excluding hydrogens is 244 g/mol. The number of rotatable bonds is 3. The van der Waals surface area contributed by atoms with Crippen molar-refractivity contribution in [3.8, 4) is 0 Å². The van der Waals surface area contributed by atoms with E-state index in [1.165, 1.54) is 33.4 Å². The van der Waals surface area contributed by atoms with Crippen LogP contribution < -0.4 is 0 Å². The normalized spacial score (nSPS) is 12.7. The Morgan fingerprint density at radius 3 is 1.30 bits per heavy atom. The molecule has 0 N–H and O–H groups in total. The van der Waals surface area contributed by atoms with Gasteiger partial charge in [0.1, 0.15) is 5.78 Å². The van der Waals surface area contributed by atoms with Crippen LogP contribution in [0.2, 0.25) is 0 Å². The molecule has 0 unspecified atom stereocenters. The van der Waals surface area contributed by atoms with Crippen molar-refractivity contribution < 1.29 is 4.79 Å². The zero-order valence-electron chi connectivity index (χ0n) is 14.9. The molecule has 0 aliphatic carbocycles. The number of Topliss-reactive ketones (excluding diaryl/α,β-unsaturated/α-hetero) is 1. The van der Waals surface area contributed by atoms with E-state index in [0.717, 1.165) is 0 Å². The molecular formula is C19H30O. The van der Waals surface area contributed by atoms with Gasteiger partial charge in [-0.15, -0.1) is 0 Å². The maximum Gasteiger partial charge on any atom is 0.136 e. The minimum absolute atomic E-state index is 0.184. The van der Waals surface area contributed by atoms with Crippen LogP contribution in [-0.2, 0) is 10.2 Å². The standard InChI is InChI=1S/C19H30O/c1-11-12(2)14(4)17(15(5)13(11)3)19(9,10)18(7,8)16(6)20/h1-10H3. The Hall–Kier alpha value is -1.11. The summed E-state index contributed by atoms with van der Waals surface area (Å²) in [6.07, 6.45) is 0. The number of hydrogen-bond donors (Lipinski definition) is 0. The van der Waals surface area contributed by atoms with E-state index in [0.29, 0.717) is 0 Å². The highest BCUT2D eigenvalue weighted by atomic mass is 16.1. The minimum atomic E-state index is -0.378. The molecule has 0 fully saturated rings. The molecule has 20 heavy (non-hydrogen) atoms. The summed E-state index contributed by atoms with van der Waals surface area (Å²) in [6.45, 7) is 21.2. The second-order valence-electron chi connectivity index (χ2n) is 7.31. The van der Waals surface area contributed by atoms with Gasteiger partial charge in [-0.3, -0.25) is 4.79 Å². The van der Waals surface area contributed by atoms with Gasteiger partial charge in [0.25, 0.3) is 0 Å². The summed E-state index contributed by atoms with van der Waals surface area (Å²) < 4.78 is 0. The van der Waals surface area contributed by atoms with Gasteiger partial charge in [0, 0.05) is 10.8 Å². The summed E-state index contributed by atoms with van der Waals surface area (Å²) in [5.74, 6) is 0.247. The van der Waals surface area contributed by atoms with Gasteiger partial charge in [0.05, 0.1) is 0 Å². The fourth-order valence-corrected chi connectivity index (χ4v) is 3.19. The van der Waals surface area contributed by atoms with Crippen molar-refractivity contribution >= 4 is 5.78 Å². The molecule has 0 amide bonds. The molecule has 1 aromatic carbocycles. The number of ketones is 1. The van der Waals surface area contributed by atoms with Gasteiger partial charge in [-0.25, -0.2) is 0 Å². The van der Waals surface area contributed by atoms with Crippen LogP contribution >= 0.6 is 0 Å². The first kappa shape index (κ1) is 16.9. The third-order valence-corrected chi connectivity index (χ3v) is 6.07. The van der Waals surface area contributed by atoms with Crippen LogP contribution in [0.15, 0.2) is 0 Å². The zero-order valence-corrected chi connectivity index (χ0v) is 14.9. The molecule has 0 aliphatic heterocycles. The van der Waals surface area contributed by atoms with E-state index >= 15 is 0 Å². The molecule has 0 bridgehead atoms. The molecule has 0 aliphatic rings. The van der Waals surface area contributed by atoms with Crippen LogP contribution in [0.3, 0.4) is 0 Å². The fraction of sp³-hybridized carbons (Fsp3) is 0.632. The number of benzene rings is 1. The highest BCUT2D eigenvalue weighted by Crippen LogP contribution is 2.46. The Kier molecular flexibility index (Phi) is 4.25. The Morgan fingerprint density at radius 2 is 1.00 bits per heavy atom. The number of hydrogen-bond acceptors (Lipinski definition) is 1. The lowest BCUT2D eigenvalue weighted by Crippen LogP contribution is -2.43. The SMILES string of the molecule is CC(=O)C(C)(C)C(C)(C)c1c(C)c(C)c(C)c(C)c1C. The van der Waals surface area contributed by atoms with Crippen molar-refractivity contribution in [2.75, 3.05) is 0 Å². The van der Waals surface area contributed by atoms with Crippen molar-refractivity contribution in [3.63, 3.8) is 0 Å². The molecule has 0 saturated heterocycles. The van der Waals surface area contributed by atoms with Crippen molar-refractivity contribution in [2.24, 2.45) is 5.41 Å². The second kappa shape index (κ2) is 5.02. The van der Waals surface area contributed by atoms with Crippen molar-refractivity contribution in [2.45, 2.75) is 74.7 Å². The molecule has 0 heterocycles. The molecule has 1 aromatic rings. The molecule has 1 nitrogen and oxygen atoms in total. The van der Waals surface area contributed by atoms with Crippen LogP contribution in [-0.4, -0.2) is 5.78 Å². The molecule has 1 rings (SSSR count). The van der Waals surface area contributed by atoms with E-state index < -0.39 is 0 Å². The Morgan fingerprint density at radius 1 is 0.700 bits per heavy atom. The molecule has 0 spiro atoms. The average Bonchev–Trinajstić information content (AvgIpc) is 2.33. The molecule has 0 atom stereocenters. The van der Waals surface area contributed by atoms with Gasteiger partial charge < -0.3 is 0 Å². The van der Waals surface area contributed by atoms with E-state index in [-0.39, 0.29) is 16.6 Å². The molecule has 0 saturated carbocycles. The van der Waals surface area contributed by atoms with Crippen molar-refractivity contribution in [3.05, 3.63) is 33.4 Å². The average molecular weight is 274 g/mol. The van der Waals surface area contributed by atoms with Crippen LogP contribution in [0.4, 0.5) is 0 Å². The Labute approximate surface area is 124 Å². The maximum absolute atomic E-state index is 12.1. The summed E-state index contributed by atoms with van der Waals surface area (Å²) >= 11 is 0. The van der Waals surface area contributed by atoms with E-state index in [4.69, 9.17) is 0 Å². The predicted octanol–water partition coefficient (Wildman–Crippen LogP) is 5.12. The first-order valence-electron chi connectivity index (χ1n) is 7.45. The van der Waals surface area contributed by atoms with E-state index in [1.54, 1.807) is 6.92 Å². The summed E-state index contributed by atoms with van der Waals surface area (Å²) in [6, 6.07) is 0. The van der Waals surface area contributed by atoms with Crippen molar-refractivity contribution in [1.29, 1.82) is 0 Å². The first-order valence-corrected chi connectivity index (χ1v) is 7.45. The predicted molar refractivity (Wildman–Crippen MR) is 87.6 cm³/mol. The van der Waals surface area contributed by atoms with Gasteiger partial charge in [-0.05, 0) is 74.9 Å². The van der Waals surface area contributed by atoms with Gasteiger partial charge in [0.15, 0.2) is 0 Å². The summed E-state index contributed by atoms with van der Waals surface area (Å²) in [5, 5.41) is 0. The van der Waals surface area contributed by atoms with Crippen LogP contribution in [0.1, 0.15) is 68.0 Å². The van der Waals surface area contributed by atoms with E-state index in [2.05, 4.69) is 62.3 Å². The van der Waals surface area contributed by atoms with Crippen LogP contribution in [0, 0.1) is 40.0 Å². The largest absolute Gasteiger partial charge is 0.299 e. The molecule has 1 heteroatoms. The van der Waals surface area contributed by atoms with Gasteiger partial charge in [-0.1, -0.05) is 27.7 Å². The second-order valence-corrected chi connectivity index (χ2v) is 7.31. The summed E-state index contributed by atoms with van der Waals surface area (Å²) in [7, 11) is 0. The summed E-state index contributed by atoms with van der Waals surface area (Å²) in [4.78, 5) is 12.1. The Bertz CT molecular complexity index is 531. The zero-order chi connectivity index (χ0) is 16.0. The van der Waals surface area contributed by atoms with Gasteiger partial charge >= 0.3 is 0 Å². The topological polar surface area (TPSA) is 17.1 Å². The Balaban J connectivity index is 3.76. The minimum Gasteiger partial charge on any atom is -0.299 e. The quantitative estimate of drug-likeness (QED) is 0.747. The lowest BCUT2D eigenvalue weighted by atomic mass is 9.60. The summed E-state index contributed by atoms with van der Waals surface area (Å²) in [5.41, 5.74) is 7.55. The van der Waals surface area contributed by atoms with Crippen molar-refractivity contribution in [1.82, 2.24) is 0 Å². The molecule has 0 radical (unpaired) electrons. The van der Waals surface area contributed by atoms with E-state index in [1.807, 2.05) is 0 Å². The third kappa shape index (κ3) is 2.21. The fourth-order valence-electron chi connectivity index (χ4n) is 3.19. The van der Waals surface area contributed by atoms with Crippen LogP contribution in [0.5, 0.6) is 0 Å². The van der Waals surface area contributed by atoms with Crippen LogP contribution in [0.25, 0.3) is 0 Å². The monoisotopic (exact) mass is 274 g/mol.